The lowest BCUT2D eigenvalue weighted by Gasteiger charge is -2.30. The van der Waals surface area contributed by atoms with Crippen LogP contribution in [0.2, 0.25) is 0 Å². The summed E-state index contributed by atoms with van der Waals surface area (Å²) in [4.78, 5) is 11.4. The summed E-state index contributed by atoms with van der Waals surface area (Å²) in [5.74, 6) is 1.28. The molecule has 0 aliphatic carbocycles. The third-order valence-electron chi connectivity index (χ3n) is 4.97. The number of hydrogen-bond acceptors (Lipinski definition) is 5. The lowest BCUT2D eigenvalue weighted by molar-refractivity contribution is 0.133. The van der Waals surface area contributed by atoms with Gasteiger partial charge in [-0.3, -0.25) is 0 Å². The predicted octanol–water partition coefficient (Wildman–Crippen LogP) is 2.95. The maximum atomic E-state index is 6.08. The fourth-order valence-electron chi connectivity index (χ4n) is 3.39. The number of aromatic nitrogens is 2. The minimum atomic E-state index is 0.184. The Labute approximate surface area is 142 Å². The van der Waals surface area contributed by atoms with E-state index in [9.17, 15) is 0 Å². The van der Waals surface area contributed by atoms with Gasteiger partial charge in [0.25, 0.3) is 0 Å². The number of rotatable bonds is 1. The van der Waals surface area contributed by atoms with Crippen molar-refractivity contribution in [2.75, 3.05) is 17.2 Å². The topological polar surface area (TPSA) is 64.3 Å². The molecule has 2 aromatic rings. The smallest absolute Gasteiger partial charge is 0.227 e. The van der Waals surface area contributed by atoms with Gasteiger partial charge in [0.05, 0.1) is 18.9 Å². The summed E-state index contributed by atoms with van der Waals surface area (Å²) in [6.07, 6.45) is 1.01. The maximum absolute atomic E-state index is 6.08. The molecule has 2 aliphatic heterocycles. The van der Waals surface area contributed by atoms with Gasteiger partial charge in [0.15, 0.2) is 0 Å². The van der Waals surface area contributed by atoms with Crippen LogP contribution in [0.25, 0.3) is 0 Å². The number of nitrogen functional groups attached to an aromatic ring is 1. The maximum Gasteiger partial charge on any atom is 0.227 e. The third-order valence-corrected chi connectivity index (χ3v) is 4.97. The van der Waals surface area contributed by atoms with Gasteiger partial charge >= 0.3 is 0 Å². The Morgan fingerprint density at radius 3 is 2.75 bits per heavy atom. The molecule has 0 saturated heterocycles. The molecule has 0 radical (unpaired) electrons. The second kappa shape index (κ2) is 5.45. The van der Waals surface area contributed by atoms with Gasteiger partial charge in [0.1, 0.15) is 5.82 Å². The first-order valence-electron chi connectivity index (χ1n) is 8.52. The summed E-state index contributed by atoms with van der Waals surface area (Å²) in [7, 11) is 0. The van der Waals surface area contributed by atoms with Gasteiger partial charge in [-0.15, -0.1) is 0 Å². The highest BCUT2D eigenvalue weighted by molar-refractivity contribution is 5.50. The molecule has 5 heteroatoms. The van der Waals surface area contributed by atoms with Crippen molar-refractivity contribution in [3.8, 4) is 0 Å². The molecule has 1 aromatic heterocycles. The van der Waals surface area contributed by atoms with Crippen molar-refractivity contribution < 1.29 is 4.74 Å². The molecular weight excluding hydrogens is 300 g/mol. The number of benzene rings is 1. The summed E-state index contributed by atoms with van der Waals surface area (Å²) in [6.45, 7) is 9.58. The Morgan fingerprint density at radius 2 is 1.96 bits per heavy atom. The number of anilines is 2. The van der Waals surface area contributed by atoms with Crippen molar-refractivity contribution in [2.24, 2.45) is 0 Å². The second-order valence-electron chi connectivity index (χ2n) is 7.73. The van der Waals surface area contributed by atoms with E-state index >= 15 is 0 Å². The molecular formula is C19H24N4O. The first-order chi connectivity index (χ1) is 11.4. The molecule has 24 heavy (non-hydrogen) atoms. The zero-order chi connectivity index (χ0) is 16.9. The van der Waals surface area contributed by atoms with E-state index in [-0.39, 0.29) is 5.41 Å². The molecule has 1 aromatic carbocycles. The molecule has 0 amide bonds. The standard InChI is InChI=1S/C19H24N4O/c1-19(2,3)14-5-4-13-9-23(7-6-12(13)8-14)18-21-16-11-24-10-15(16)17(20)22-18/h4-5,8H,6-7,9-11H2,1-3H3,(H2,20,21,22). The monoisotopic (exact) mass is 324 g/mol. The van der Waals surface area contributed by atoms with Gasteiger partial charge in [0, 0.05) is 18.7 Å². The van der Waals surface area contributed by atoms with E-state index < -0.39 is 0 Å². The summed E-state index contributed by atoms with van der Waals surface area (Å²) in [5, 5.41) is 0. The van der Waals surface area contributed by atoms with Crippen LogP contribution < -0.4 is 10.6 Å². The van der Waals surface area contributed by atoms with E-state index in [1.54, 1.807) is 0 Å². The second-order valence-corrected chi connectivity index (χ2v) is 7.73. The molecule has 4 rings (SSSR count). The van der Waals surface area contributed by atoms with E-state index in [0.717, 1.165) is 36.7 Å². The molecule has 0 spiro atoms. The van der Waals surface area contributed by atoms with Crippen LogP contribution in [0.1, 0.15) is 48.7 Å². The van der Waals surface area contributed by atoms with Gasteiger partial charge in [0.2, 0.25) is 5.95 Å². The van der Waals surface area contributed by atoms with Crippen molar-refractivity contribution in [1.82, 2.24) is 9.97 Å². The van der Waals surface area contributed by atoms with Gasteiger partial charge in [-0.1, -0.05) is 39.0 Å². The van der Waals surface area contributed by atoms with Crippen LogP contribution in [-0.4, -0.2) is 16.5 Å². The molecule has 0 saturated carbocycles. The molecule has 5 nitrogen and oxygen atoms in total. The first kappa shape index (κ1) is 15.4. The SMILES string of the molecule is CC(C)(C)c1ccc2c(c1)CCN(c1nc(N)c3c(n1)COC3)C2. The third kappa shape index (κ3) is 2.63. The van der Waals surface area contributed by atoms with Crippen molar-refractivity contribution in [3.05, 3.63) is 46.1 Å². The molecule has 2 N–H and O–H groups in total. The summed E-state index contributed by atoms with van der Waals surface area (Å²) in [5.41, 5.74) is 12.3. The number of nitrogens with zero attached hydrogens (tertiary/aromatic N) is 3. The van der Waals surface area contributed by atoms with Crippen molar-refractivity contribution in [1.29, 1.82) is 0 Å². The predicted molar refractivity (Wildman–Crippen MR) is 94.8 cm³/mol. The lowest BCUT2D eigenvalue weighted by Crippen LogP contribution is -2.32. The molecule has 0 atom stereocenters. The van der Waals surface area contributed by atoms with Crippen molar-refractivity contribution in [2.45, 2.75) is 52.4 Å². The Hall–Kier alpha value is -2.14. The highest BCUT2D eigenvalue weighted by atomic mass is 16.5. The Kier molecular flexibility index (Phi) is 3.49. The fraction of sp³-hybridized carbons (Fsp3) is 0.474. The molecule has 126 valence electrons. The van der Waals surface area contributed by atoms with Crippen molar-refractivity contribution >= 4 is 11.8 Å². The molecule has 0 fully saturated rings. The fourth-order valence-corrected chi connectivity index (χ4v) is 3.39. The number of ether oxygens (including phenoxy) is 1. The molecule has 3 heterocycles. The average Bonchev–Trinajstić information content (AvgIpc) is 3.02. The van der Waals surface area contributed by atoms with E-state index in [4.69, 9.17) is 10.5 Å². The molecule has 0 bridgehead atoms. The van der Waals surface area contributed by atoms with E-state index in [0.29, 0.717) is 19.0 Å². The zero-order valence-corrected chi connectivity index (χ0v) is 14.6. The highest BCUT2D eigenvalue weighted by Gasteiger charge is 2.24. The number of nitrogens with two attached hydrogens (primary N) is 1. The summed E-state index contributed by atoms with van der Waals surface area (Å²) >= 11 is 0. The Bertz CT molecular complexity index is 795. The highest BCUT2D eigenvalue weighted by Crippen LogP contribution is 2.30. The summed E-state index contributed by atoms with van der Waals surface area (Å²) in [6, 6.07) is 6.86. The van der Waals surface area contributed by atoms with Crippen LogP contribution in [0.5, 0.6) is 0 Å². The van der Waals surface area contributed by atoms with E-state index in [2.05, 4.69) is 53.8 Å². The van der Waals surface area contributed by atoms with Crippen LogP contribution in [0.15, 0.2) is 18.2 Å². The normalized spacial score (nSPS) is 16.9. The largest absolute Gasteiger partial charge is 0.383 e. The first-order valence-corrected chi connectivity index (χ1v) is 8.52. The lowest BCUT2D eigenvalue weighted by atomic mass is 9.84. The Morgan fingerprint density at radius 1 is 1.12 bits per heavy atom. The Balaban J connectivity index is 1.62. The van der Waals surface area contributed by atoms with Gasteiger partial charge in [-0.05, 0) is 28.5 Å². The van der Waals surface area contributed by atoms with Crippen LogP contribution in [0.4, 0.5) is 11.8 Å². The number of hydrogen-bond donors (Lipinski definition) is 1. The van der Waals surface area contributed by atoms with Gasteiger partial charge in [-0.2, -0.15) is 4.98 Å². The quantitative estimate of drug-likeness (QED) is 0.874. The van der Waals surface area contributed by atoms with Crippen LogP contribution >= 0.6 is 0 Å². The van der Waals surface area contributed by atoms with Gasteiger partial charge < -0.3 is 15.4 Å². The van der Waals surface area contributed by atoms with E-state index in [1.807, 2.05) is 0 Å². The molecule has 2 aliphatic rings. The minimum Gasteiger partial charge on any atom is -0.383 e. The summed E-state index contributed by atoms with van der Waals surface area (Å²) < 4.78 is 5.44. The average molecular weight is 324 g/mol. The zero-order valence-electron chi connectivity index (χ0n) is 14.6. The molecule has 0 unspecified atom stereocenters. The van der Waals surface area contributed by atoms with Crippen LogP contribution in [0, 0.1) is 0 Å². The van der Waals surface area contributed by atoms with Crippen molar-refractivity contribution in [3.63, 3.8) is 0 Å². The van der Waals surface area contributed by atoms with Crippen LogP contribution in [-0.2, 0) is 36.3 Å². The minimum absolute atomic E-state index is 0.184. The number of fused-ring (bicyclic) bond motifs is 2. The van der Waals surface area contributed by atoms with Gasteiger partial charge in [-0.25, -0.2) is 4.98 Å². The van der Waals surface area contributed by atoms with E-state index in [1.165, 1.54) is 16.7 Å². The van der Waals surface area contributed by atoms with Crippen LogP contribution in [0.3, 0.4) is 0 Å².